The zero-order valence-electron chi connectivity index (χ0n) is 19.7. The summed E-state index contributed by atoms with van der Waals surface area (Å²) in [6.07, 6.45) is 3.60. The molecule has 8 nitrogen and oxygen atoms in total. The third kappa shape index (κ3) is 3.69. The van der Waals surface area contributed by atoms with Gasteiger partial charge >= 0.3 is 11.8 Å². The van der Waals surface area contributed by atoms with E-state index in [1.807, 2.05) is 12.1 Å². The number of fused-ring (bicyclic) bond motifs is 3. The molecule has 2 aromatic carbocycles. The highest BCUT2D eigenvalue weighted by Crippen LogP contribution is 2.35. The Hall–Kier alpha value is -3.65. The molecule has 0 bridgehead atoms. The van der Waals surface area contributed by atoms with Crippen LogP contribution in [0.1, 0.15) is 48.4 Å². The summed E-state index contributed by atoms with van der Waals surface area (Å²) in [5.74, 6) is 0.382. The van der Waals surface area contributed by atoms with E-state index in [0.717, 1.165) is 41.3 Å². The van der Waals surface area contributed by atoms with E-state index < -0.39 is 6.09 Å². The van der Waals surface area contributed by atoms with Gasteiger partial charge in [0.2, 0.25) is 0 Å². The van der Waals surface area contributed by atoms with E-state index in [1.165, 1.54) is 16.0 Å². The van der Waals surface area contributed by atoms with Crippen LogP contribution in [0.5, 0.6) is 0 Å². The fraction of sp³-hybridized carbons (Fsp3) is 0.370. The Bertz CT molecular complexity index is 1470. The van der Waals surface area contributed by atoms with E-state index >= 15 is 0 Å². The molecule has 0 aliphatic carbocycles. The average molecular weight is 472 g/mol. The molecule has 8 heteroatoms. The monoisotopic (exact) mass is 471 g/mol. The molecule has 4 aromatic rings. The molecule has 2 aliphatic heterocycles. The normalized spacial score (nSPS) is 22.8. The van der Waals surface area contributed by atoms with Gasteiger partial charge in [0.25, 0.3) is 0 Å². The number of piperidine rings is 1. The number of rotatable bonds is 3. The molecule has 2 aliphatic rings. The number of benzene rings is 2. The number of nitrogens with zero attached hydrogens (tertiary/aromatic N) is 4. The Morgan fingerprint density at radius 2 is 1.91 bits per heavy atom. The molecule has 35 heavy (non-hydrogen) atoms. The first-order valence-electron chi connectivity index (χ1n) is 12.3. The van der Waals surface area contributed by atoms with Crippen molar-refractivity contribution >= 4 is 28.0 Å². The maximum Gasteiger partial charge on any atom is 0.407 e. The van der Waals surface area contributed by atoms with Crippen LogP contribution in [-0.4, -0.2) is 49.9 Å². The molecule has 0 radical (unpaired) electrons. The van der Waals surface area contributed by atoms with Crippen LogP contribution >= 0.6 is 0 Å². The van der Waals surface area contributed by atoms with Crippen LogP contribution in [0.15, 0.2) is 59.5 Å². The minimum Gasteiger partial charge on any atom is -0.465 e. The Labute approximate surface area is 202 Å². The molecular formula is C27H29N5O3. The Morgan fingerprint density at radius 1 is 1.09 bits per heavy atom. The molecule has 2 unspecified atom stereocenters. The second-order valence-corrected chi connectivity index (χ2v) is 9.80. The molecule has 3 atom stereocenters. The van der Waals surface area contributed by atoms with Crippen LogP contribution in [0.25, 0.3) is 21.9 Å². The first-order chi connectivity index (χ1) is 17.0. The summed E-state index contributed by atoms with van der Waals surface area (Å²) < 4.78 is 3.43. The molecule has 1 amide bonds. The highest BCUT2D eigenvalue weighted by molar-refractivity contribution is 6.02. The van der Waals surface area contributed by atoms with E-state index in [1.54, 1.807) is 22.4 Å². The van der Waals surface area contributed by atoms with Crippen molar-refractivity contribution in [1.29, 1.82) is 0 Å². The zero-order valence-corrected chi connectivity index (χ0v) is 19.7. The van der Waals surface area contributed by atoms with Crippen molar-refractivity contribution in [2.45, 2.75) is 37.3 Å². The van der Waals surface area contributed by atoms with Crippen LogP contribution < -0.4 is 11.0 Å². The Morgan fingerprint density at radius 3 is 2.63 bits per heavy atom. The lowest BCUT2D eigenvalue weighted by Crippen LogP contribution is -2.32. The number of aromatic nitrogens is 3. The van der Waals surface area contributed by atoms with Gasteiger partial charge in [0.1, 0.15) is 0 Å². The van der Waals surface area contributed by atoms with E-state index in [4.69, 9.17) is 0 Å². The van der Waals surface area contributed by atoms with Crippen LogP contribution in [0.3, 0.4) is 0 Å². The van der Waals surface area contributed by atoms with Gasteiger partial charge < -0.3 is 15.3 Å². The molecule has 2 N–H and O–H groups in total. The number of carboxylic acid groups (broad SMARTS) is 1. The molecule has 6 rings (SSSR count). The topological polar surface area (TPSA) is 92.4 Å². The maximum atomic E-state index is 13.3. The third-order valence-electron chi connectivity index (χ3n) is 7.83. The zero-order chi connectivity index (χ0) is 24.1. The van der Waals surface area contributed by atoms with Gasteiger partial charge in [0.05, 0.1) is 28.8 Å². The highest BCUT2D eigenvalue weighted by Gasteiger charge is 2.31. The van der Waals surface area contributed by atoms with Crippen molar-refractivity contribution in [3.05, 3.63) is 76.3 Å². The fourth-order valence-electron chi connectivity index (χ4n) is 5.87. The van der Waals surface area contributed by atoms with Gasteiger partial charge in [-0.25, -0.2) is 9.59 Å². The Balaban J connectivity index is 1.37. The lowest BCUT2D eigenvalue weighted by atomic mass is 9.86. The smallest absolute Gasteiger partial charge is 0.407 e. The van der Waals surface area contributed by atoms with Crippen molar-refractivity contribution in [3.8, 4) is 0 Å². The van der Waals surface area contributed by atoms with E-state index in [9.17, 15) is 14.7 Å². The first-order valence-corrected chi connectivity index (χ1v) is 12.3. The van der Waals surface area contributed by atoms with Crippen molar-refractivity contribution < 1.29 is 9.90 Å². The van der Waals surface area contributed by atoms with Crippen molar-refractivity contribution in [1.82, 2.24) is 24.3 Å². The summed E-state index contributed by atoms with van der Waals surface area (Å²) in [4.78, 5) is 30.8. The lowest BCUT2D eigenvalue weighted by Gasteiger charge is -2.30. The fourth-order valence-corrected chi connectivity index (χ4v) is 5.87. The molecule has 2 aromatic heterocycles. The molecule has 0 saturated carbocycles. The van der Waals surface area contributed by atoms with E-state index in [2.05, 4.69) is 46.7 Å². The van der Waals surface area contributed by atoms with Gasteiger partial charge in [0, 0.05) is 38.1 Å². The summed E-state index contributed by atoms with van der Waals surface area (Å²) in [7, 11) is 1.76. The number of hydrogen-bond acceptors (Lipinski definition) is 4. The third-order valence-corrected chi connectivity index (χ3v) is 7.83. The first kappa shape index (κ1) is 21.9. The molecular weight excluding hydrogens is 442 g/mol. The minimum atomic E-state index is -0.937. The molecule has 2 fully saturated rings. The number of pyridine rings is 1. The maximum absolute atomic E-state index is 13.3. The summed E-state index contributed by atoms with van der Waals surface area (Å²) in [5.41, 5.74) is 4.93. The summed E-state index contributed by atoms with van der Waals surface area (Å²) in [6.45, 7) is 1.66. The number of amides is 1. The van der Waals surface area contributed by atoms with Gasteiger partial charge in [-0.15, -0.1) is 0 Å². The second-order valence-electron chi connectivity index (χ2n) is 9.80. The van der Waals surface area contributed by atoms with Crippen LogP contribution in [0.2, 0.25) is 0 Å². The molecule has 0 spiro atoms. The molecule has 2 saturated heterocycles. The molecule has 4 heterocycles. The van der Waals surface area contributed by atoms with Gasteiger partial charge in [-0.1, -0.05) is 36.4 Å². The van der Waals surface area contributed by atoms with Crippen LogP contribution in [-0.2, 0) is 7.05 Å². The summed E-state index contributed by atoms with van der Waals surface area (Å²) >= 11 is 0. The van der Waals surface area contributed by atoms with E-state index in [-0.39, 0.29) is 11.7 Å². The standard InChI is InChI=1S/C27H29N5O3/c1-30-24-15-29-23-10-7-18(19-8-9-22(28-14-19)17-5-3-2-4-6-17)13-21(23)25(24)32(26(30)33)20-11-12-31(16-20)27(34)35/h2-7,10,13,15,19-20,22,28H,8-9,11-12,14,16H2,1H3,(H,34,35)/t19?,20-,22?/m0/s1. The van der Waals surface area contributed by atoms with Crippen LogP contribution in [0, 0.1) is 0 Å². The van der Waals surface area contributed by atoms with E-state index in [0.29, 0.717) is 31.5 Å². The number of carbonyl (C=O) groups is 1. The summed E-state index contributed by atoms with van der Waals surface area (Å²) in [5, 5.41) is 14.1. The number of likely N-dealkylation sites (tertiary alicyclic amines) is 1. The van der Waals surface area contributed by atoms with Crippen molar-refractivity contribution in [2.24, 2.45) is 7.05 Å². The number of hydrogen-bond donors (Lipinski definition) is 2. The van der Waals surface area contributed by atoms with Gasteiger partial charge in [0.15, 0.2) is 0 Å². The predicted molar refractivity (Wildman–Crippen MR) is 135 cm³/mol. The number of imidazole rings is 1. The second kappa shape index (κ2) is 8.53. The van der Waals surface area contributed by atoms with Crippen molar-refractivity contribution in [3.63, 3.8) is 0 Å². The predicted octanol–water partition coefficient (Wildman–Crippen LogP) is 4.02. The number of nitrogens with one attached hydrogen (secondary N) is 1. The van der Waals surface area contributed by atoms with Gasteiger partial charge in [-0.2, -0.15) is 0 Å². The quantitative estimate of drug-likeness (QED) is 0.471. The number of aryl methyl sites for hydroxylation is 1. The Kier molecular flexibility index (Phi) is 5.33. The average Bonchev–Trinajstić information content (AvgIpc) is 3.48. The SMILES string of the molecule is Cn1c(=O)n([C@H]2CCN(C(=O)O)C2)c2c3cc(C4CCC(c5ccccc5)NC4)ccc3ncc21. The minimum absolute atomic E-state index is 0.123. The lowest BCUT2D eigenvalue weighted by molar-refractivity contribution is 0.154. The van der Waals surface area contributed by atoms with Gasteiger partial charge in [-0.05, 0) is 48.4 Å². The van der Waals surface area contributed by atoms with Gasteiger partial charge in [-0.3, -0.25) is 14.1 Å². The largest absolute Gasteiger partial charge is 0.465 e. The summed E-state index contributed by atoms with van der Waals surface area (Å²) in [6, 6.07) is 17.2. The highest BCUT2D eigenvalue weighted by atomic mass is 16.4. The van der Waals surface area contributed by atoms with Crippen LogP contribution in [0.4, 0.5) is 4.79 Å². The van der Waals surface area contributed by atoms with Crippen molar-refractivity contribution in [2.75, 3.05) is 19.6 Å². The molecule has 180 valence electrons.